The molecule has 0 aliphatic carbocycles. The molecule has 178 valence electrons. The lowest BCUT2D eigenvalue weighted by Crippen LogP contribution is -2.57. The van der Waals surface area contributed by atoms with E-state index in [1.54, 1.807) is 36.4 Å². The van der Waals surface area contributed by atoms with E-state index in [4.69, 9.17) is 28.2 Å². The van der Waals surface area contributed by atoms with Gasteiger partial charge in [-0.1, -0.05) is 35.9 Å². The van der Waals surface area contributed by atoms with Crippen LogP contribution in [-0.2, 0) is 9.59 Å². The molecule has 5 rings (SSSR count). The van der Waals surface area contributed by atoms with Crippen molar-refractivity contribution >= 4 is 58.2 Å². The number of amides is 2. The van der Waals surface area contributed by atoms with Crippen molar-refractivity contribution in [3.8, 4) is 11.3 Å². The van der Waals surface area contributed by atoms with Gasteiger partial charge in [0.15, 0.2) is 5.11 Å². The number of carbonyl (C=O) groups excluding carboxylic acids is 2. The lowest BCUT2D eigenvalue weighted by molar-refractivity contribution is -0.120. The Morgan fingerprint density at radius 3 is 2.11 bits per heavy atom. The summed E-state index contributed by atoms with van der Waals surface area (Å²) in [6, 6.07) is 25.4. The zero-order valence-corrected chi connectivity index (χ0v) is 21.1. The maximum atomic E-state index is 13.7. The summed E-state index contributed by atoms with van der Waals surface area (Å²) in [5.74, 6) is -0.0567. The van der Waals surface area contributed by atoms with Crippen LogP contribution in [-0.4, -0.2) is 16.9 Å². The Kier molecular flexibility index (Phi) is 6.31. The molecule has 1 aliphatic rings. The van der Waals surface area contributed by atoms with Crippen molar-refractivity contribution in [3.05, 3.63) is 112 Å². The monoisotopic (exact) mass is 512 g/mol. The van der Waals surface area contributed by atoms with Crippen LogP contribution in [0.15, 0.2) is 94.9 Å². The van der Waals surface area contributed by atoms with Crippen molar-refractivity contribution in [2.24, 2.45) is 0 Å². The molecular formula is C29H21ClN2O3S. The molecule has 5 nitrogen and oxygen atoms in total. The number of benzene rings is 3. The number of nitrogens with zero attached hydrogens (tertiary/aromatic N) is 2. The molecule has 3 aromatic carbocycles. The van der Waals surface area contributed by atoms with Crippen LogP contribution in [0.3, 0.4) is 0 Å². The zero-order valence-electron chi connectivity index (χ0n) is 19.6. The fraction of sp³-hybridized carbons (Fsp3) is 0.0690. The van der Waals surface area contributed by atoms with Crippen molar-refractivity contribution in [1.29, 1.82) is 0 Å². The molecule has 2 amide bonds. The summed E-state index contributed by atoms with van der Waals surface area (Å²) in [5.41, 5.74) is 4.04. The minimum atomic E-state index is -0.513. The average molecular weight is 513 g/mol. The van der Waals surface area contributed by atoms with Crippen molar-refractivity contribution in [1.82, 2.24) is 0 Å². The first-order valence-corrected chi connectivity index (χ1v) is 12.0. The van der Waals surface area contributed by atoms with Crippen LogP contribution >= 0.6 is 23.8 Å². The Bertz CT molecular complexity index is 1520. The molecule has 0 spiro atoms. The maximum Gasteiger partial charge on any atom is 0.270 e. The number of halogens is 1. The number of thiocarbonyl (C=S) groups is 1. The lowest BCUT2D eigenvalue weighted by Gasteiger charge is -2.36. The molecule has 1 aliphatic heterocycles. The predicted molar refractivity (Wildman–Crippen MR) is 147 cm³/mol. The highest BCUT2D eigenvalue weighted by Gasteiger charge is 2.41. The van der Waals surface area contributed by atoms with E-state index in [-0.39, 0.29) is 10.7 Å². The van der Waals surface area contributed by atoms with E-state index >= 15 is 0 Å². The second kappa shape index (κ2) is 9.57. The van der Waals surface area contributed by atoms with Gasteiger partial charge in [-0.25, -0.2) is 0 Å². The van der Waals surface area contributed by atoms with Gasteiger partial charge in [-0.05, 0) is 104 Å². The number of furan rings is 1. The molecule has 36 heavy (non-hydrogen) atoms. The number of carbonyl (C=O) groups is 2. The summed E-state index contributed by atoms with van der Waals surface area (Å²) in [6.45, 7) is 3.96. The number of rotatable bonds is 4. The summed E-state index contributed by atoms with van der Waals surface area (Å²) in [4.78, 5) is 30.1. The number of hydrogen-bond donors (Lipinski definition) is 0. The third-order valence-electron chi connectivity index (χ3n) is 6.05. The van der Waals surface area contributed by atoms with E-state index in [9.17, 15) is 9.59 Å². The third-order valence-corrected chi connectivity index (χ3v) is 6.67. The topological polar surface area (TPSA) is 53.8 Å². The van der Waals surface area contributed by atoms with Gasteiger partial charge in [-0.2, -0.15) is 0 Å². The van der Waals surface area contributed by atoms with Crippen LogP contribution in [0.2, 0.25) is 5.02 Å². The number of anilines is 2. The van der Waals surface area contributed by atoms with Gasteiger partial charge in [0.1, 0.15) is 17.1 Å². The van der Waals surface area contributed by atoms with Crippen LogP contribution in [0.5, 0.6) is 0 Å². The molecule has 1 saturated heterocycles. The van der Waals surface area contributed by atoms with Gasteiger partial charge in [0.25, 0.3) is 11.8 Å². The van der Waals surface area contributed by atoms with E-state index in [0.717, 1.165) is 16.7 Å². The summed E-state index contributed by atoms with van der Waals surface area (Å²) in [6.07, 6.45) is 1.47. The van der Waals surface area contributed by atoms with Gasteiger partial charge in [-0.15, -0.1) is 0 Å². The van der Waals surface area contributed by atoms with Crippen LogP contribution < -0.4 is 9.80 Å². The Morgan fingerprint density at radius 2 is 1.44 bits per heavy atom. The molecule has 7 heteroatoms. The van der Waals surface area contributed by atoms with Gasteiger partial charge in [0.2, 0.25) is 0 Å². The number of para-hydroxylation sites is 1. The van der Waals surface area contributed by atoms with Crippen molar-refractivity contribution in [3.63, 3.8) is 0 Å². The number of hydrogen-bond acceptors (Lipinski definition) is 4. The molecule has 1 fully saturated rings. The van der Waals surface area contributed by atoms with E-state index < -0.39 is 11.8 Å². The maximum absolute atomic E-state index is 13.7. The van der Waals surface area contributed by atoms with E-state index in [0.29, 0.717) is 27.9 Å². The molecule has 2 heterocycles. The van der Waals surface area contributed by atoms with Gasteiger partial charge >= 0.3 is 0 Å². The average Bonchev–Trinajstić information content (AvgIpc) is 3.34. The molecule has 1 aromatic heterocycles. The smallest absolute Gasteiger partial charge is 0.270 e. The van der Waals surface area contributed by atoms with Crippen LogP contribution in [0.1, 0.15) is 16.9 Å². The fourth-order valence-electron chi connectivity index (χ4n) is 3.97. The Hall–Kier alpha value is -4.00. The second-order valence-electron chi connectivity index (χ2n) is 8.43. The SMILES string of the molecule is Cc1ccc(N2C(=O)/C(=C/c3ccc(-c4ccc(Cl)cc4)o3)C(=O)N(c3ccccc3)C2=S)cc1C. The van der Waals surface area contributed by atoms with Gasteiger partial charge in [0.05, 0.1) is 11.4 Å². The summed E-state index contributed by atoms with van der Waals surface area (Å²) >= 11 is 11.7. The fourth-order valence-corrected chi connectivity index (χ4v) is 4.47. The normalized spacial score (nSPS) is 15.2. The first-order chi connectivity index (χ1) is 17.3. The van der Waals surface area contributed by atoms with Gasteiger partial charge in [0, 0.05) is 10.6 Å². The Morgan fingerprint density at radius 1 is 0.778 bits per heavy atom. The lowest BCUT2D eigenvalue weighted by atomic mass is 10.1. The van der Waals surface area contributed by atoms with Gasteiger partial charge < -0.3 is 4.42 Å². The van der Waals surface area contributed by atoms with Gasteiger partial charge in [-0.3, -0.25) is 19.4 Å². The molecule has 0 unspecified atom stereocenters. The molecule has 0 radical (unpaired) electrons. The minimum absolute atomic E-state index is 0.0531. The van der Waals surface area contributed by atoms with E-state index in [1.807, 2.05) is 62.4 Å². The zero-order chi connectivity index (χ0) is 25.4. The standard InChI is InChI=1S/C29H21ClN2O3S/c1-18-8-13-23(16-19(18)2)32-28(34)25(27(33)31(29(32)36)22-6-4-3-5-7-22)17-24-14-15-26(35-24)20-9-11-21(30)12-10-20/h3-17H,1-2H3/b25-17+. The number of aryl methyl sites for hydroxylation is 2. The van der Waals surface area contributed by atoms with Crippen molar-refractivity contribution < 1.29 is 14.0 Å². The summed E-state index contributed by atoms with van der Waals surface area (Å²) in [7, 11) is 0. The third kappa shape index (κ3) is 4.37. The van der Waals surface area contributed by atoms with E-state index in [2.05, 4.69) is 0 Å². The van der Waals surface area contributed by atoms with E-state index in [1.165, 1.54) is 15.9 Å². The van der Waals surface area contributed by atoms with Crippen LogP contribution in [0, 0.1) is 13.8 Å². The first-order valence-electron chi connectivity index (χ1n) is 11.3. The summed E-state index contributed by atoms with van der Waals surface area (Å²) in [5, 5.41) is 0.715. The molecule has 0 atom stereocenters. The van der Waals surface area contributed by atoms with Crippen molar-refractivity contribution in [2.45, 2.75) is 13.8 Å². The highest BCUT2D eigenvalue weighted by molar-refractivity contribution is 7.81. The second-order valence-corrected chi connectivity index (χ2v) is 9.24. The predicted octanol–water partition coefficient (Wildman–Crippen LogP) is 6.97. The van der Waals surface area contributed by atoms with Crippen LogP contribution in [0.4, 0.5) is 11.4 Å². The molecule has 4 aromatic rings. The largest absolute Gasteiger partial charge is 0.457 e. The van der Waals surface area contributed by atoms with Crippen molar-refractivity contribution in [2.75, 3.05) is 9.80 Å². The highest BCUT2D eigenvalue weighted by atomic mass is 35.5. The molecule has 0 bridgehead atoms. The first kappa shape index (κ1) is 23.7. The molecule has 0 saturated carbocycles. The Balaban J connectivity index is 1.60. The molecular weight excluding hydrogens is 492 g/mol. The summed E-state index contributed by atoms with van der Waals surface area (Å²) < 4.78 is 5.96. The molecule has 0 N–H and O–H groups in total. The highest BCUT2D eigenvalue weighted by Crippen LogP contribution is 2.32. The quantitative estimate of drug-likeness (QED) is 0.168. The van der Waals surface area contributed by atoms with Crippen LogP contribution in [0.25, 0.3) is 17.4 Å². The Labute approximate surface area is 219 Å². The minimum Gasteiger partial charge on any atom is -0.457 e.